The number of para-hydroxylation sites is 1. The number of alkyl halides is 3. The number of ketones is 2. The van der Waals surface area contributed by atoms with Gasteiger partial charge in [0, 0.05) is 22.8 Å². The number of carbonyl (C=O) groups excluding carboxylic acids is 2. The van der Waals surface area contributed by atoms with Crippen LogP contribution in [0.15, 0.2) is 79.0 Å². The smallest absolute Gasteiger partial charge is 0.416 e. The van der Waals surface area contributed by atoms with E-state index >= 15 is 0 Å². The lowest BCUT2D eigenvalue weighted by Gasteiger charge is -2.35. The molecule has 3 N–H and O–H groups in total. The molecule has 1 aromatic heterocycles. The Morgan fingerprint density at radius 2 is 1.47 bits per heavy atom. The standard InChI is InChI=1S/C25H18F3N3O3/c26-25(27,28)14-6-8-15(9-7-14)30-21-22(24(33)23(21)32)31-20-13-29-19-11-10-17(12-18(19)20)34-16-4-2-1-3-5-16/h1-13,21-22,29-31H. The highest BCUT2D eigenvalue weighted by atomic mass is 19.4. The summed E-state index contributed by atoms with van der Waals surface area (Å²) < 4.78 is 44.2. The van der Waals surface area contributed by atoms with Crippen LogP contribution in [0, 0.1) is 0 Å². The molecule has 3 aromatic carbocycles. The van der Waals surface area contributed by atoms with Gasteiger partial charge in [-0.3, -0.25) is 9.59 Å². The first kappa shape index (κ1) is 21.6. The number of hydrogen-bond donors (Lipinski definition) is 3. The largest absolute Gasteiger partial charge is 0.457 e. The fourth-order valence-corrected chi connectivity index (χ4v) is 3.82. The van der Waals surface area contributed by atoms with E-state index < -0.39 is 35.4 Å². The fraction of sp³-hybridized carbons (Fsp3) is 0.120. The van der Waals surface area contributed by atoms with E-state index in [4.69, 9.17) is 4.74 Å². The van der Waals surface area contributed by atoms with Gasteiger partial charge in [-0.05, 0) is 54.6 Å². The topological polar surface area (TPSA) is 83.2 Å². The Hall–Kier alpha value is -4.27. The van der Waals surface area contributed by atoms with Gasteiger partial charge in [0.25, 0.3) is 0 Å². The number of carbonyl (C=O) groups is 2. The molecule has 0 saturated heterocycles. The molecule has 0 radical (unpaired) electrons. The number of halogens is 3. The maximum absolute atomic E-state index is 12.8. The number of nitrogens with one attached hydrogen (secondary N) is 3. The highest BCUT2D eigenvalue weighted by Gasteiger charge is 2.49. The lowest BCUT2D eigenvalue weighted by atomic mass is 9.82. The number of anilines is 2. The van der Waals surface area contributed by atoms with Crippen LogP contribution in [0.5, 0.6) is 11.5 Å². The van der Waals surface area contributed by atoms with Gasteiger partial charge >= 0.3 is 6.18 Å². The van der Waals surface area contributed by atoms with Gasteiger partial charge in [-0.15, -0.1) is 0 Å². The van der Waals surface area contributed by atoms with Crippen molar-refractivity contribution in [1.29, 1.82) is 0 Å². The Labute approximate surface area is 191 Å². The van der Waals surface area contributed by atoms with E-state index in [1.54, 1.807) is 6.20 Å². The Morgan fingerprint density at radius 3 is 2.15 bits per heavy atom. The number of H-pyrrole nitrogens is 1. The van der Waals surface area contributed by atoms with E-state index in [0.29, 0.717) is 22.9 Å². The van der Waals surface area contributed by atoms with Gasteiger partial charge in [-0.1, -0.05) is 18.2 Å². The van der Waals surface area contributed by atoms with Crippen molar-refractivity contribution in [3.05, 3.63) is 84.6 Å². The van der Waals surface area contributed by atoms with Crippen LogP contribution in [0.3, 0.4) is 0 Å². The van der Waals surface area contributed by atoms with Gasteiger partial charge in [0.05, 0.1) is 11.3 Å². The number of benzene rings is 3. The maximum Gasteiger partial charge on any atom is 0.416 e. The van der Waals surface area contributed by atoms with Gasteiger partial charge in [0.2, 0.25) is 11.6 Å². The molecule has 4 aromatic rings. The van der Waals surface area contributed by atoms with Crippen LogP contribution in [0.2, 0.25) is 0 Å². The number of hydrogen-bond acceptors (Lipinski definition) is 5. The second-order valence-electron chi connectivity index (χ2n) is 7.87. The van der Waals surface area contributed by atoms with Crippen LogP contribution in [0.25, 0.3) is 10.9 Å². The lowest BCUT2D eigenvalue weighted by molar-refractivity contribution is -0.144. The summed E-state index contributed by atoms with van der Waals surface area (Å²) in [6.45, 7) is 0. The van der Waals surface area contributed by atoms with Crippen LogP contribution >= 0.6 is 0 Å². The maximum atomic E-state index is 12.8. The van der Waals surface area contributed by atoms with E-state index in [-0.39, 0.29) is 0 Å². The minimum atomic E-state index is -4.46. The van der Waals surface area contributed by atoms with Crippen molar-refractivity contribution in [3.63, 3.8) is 0 Å². The molecule has 172 valence electrons. The Bertz CT molecular complexity index is 1370. The van der Waals surface area contributed by atoms with Gasteiger partial charge in [-0.2, -0.15) is 13.2 Å². The van der Waals surface area contributed by atoms with Crippen molar-refractivity contribution in [2.45, 2.75) is 18.3 Å². The summed E-state index contributed by atoms with van der Waals surface area (Å²) in [7, 11) is 0. The third-order valence-corrected chi connectivity index (χ3v) is 5.62. The third-order valence-electron chi connectivity index (χ3n) is 5.62. The van der Waals surface area contributed by atoms with Crippen LogP contribution in [-0.4, -0.2) is 28.6 Å². The summed E-state index contributed by atoms with van der Waals surface area (Å²) in [5, 5.41) is 6.69. The van der Waals surface area contributed by atoms with Gasteiger partial charge < -0.3 is 20.4 Å². The molecule has 5 rings (SSSR count). The molecule has 0 aliphatic heterocycles. The van der Waals surface area contributed by atoms with Crippen LogP contribution in [0.1, 0.15) is 5.56 Å². The van der Waals surface area contributed by atoms with E-state index in [9.17, 15) is 22.8 Å². The predicted molar refractivity (Wildman–Crippen MR) is 121 cm³/mol. The van der Waals surface area contributed by atoms with Crippen molar-refractivity contribution in [3.8, 4) is 11.5 Å². The third kappa shape index (κ3) is 4.07. The molecule has 1 heterocycles. The molecule has 6 nitrogen and oxygen atoms in total. The monoisotopic (exact) mass is 465 g/mol. The number of aromatic nitrogens is 1. The highest BCUT2D eigenvalue weighted by molar-refractivity contribution is 6.50. The van der Waals surface area contributed by atoms with Gasteiger partial charge in [-0.25, -0.2) is 0 Å². The zero-order chi connectivity index (χ0) is 23.9. The number of fused-ring (bicyclic) bond motifs is 1. The molecule has 1 fully saturated rings. The minimum absolute atomic E-state index is 0.308. The SMILES string of the molecule is O=C1C(=O)C(Nc2c[nH]c3ccc(Oc4ccccc4)cc23)C1Nc1ccc(C(F)(F)F)cc1. The molecule has 0 bridgehead atoms. The number of ether oxygens (including phenoxy) is 1. The van der Waals surface area contributed by atoms with Crippen molar-refractivity contribution >= 4 is 33.8 Å². The van der Waals surface area contributed by atoms with Crippen molar-refractivity contribution in [2.24, 2.45) is 0 Å². The van der Waals surface area contributed by atoms with E-state index in [1.807, 2.05) is 48.5 Å². The first-order chi connectivity index (χ1) is 16.3. The summed E-state index contributed by atoms with van der Waals surface area (Å²) in [5.41, 5.74) is 0.908. The summed E-state index contributed by atoms with van der Waals surface area (Å²) >= 11 is 0. The molecule has 2 unspecified atom stereocenters. The van der Waals surface area contributed by atoms with Crippen LogP contribution in [-0.2, 0) is 15.8 Å². The van der Waals surface area contributed by atoms with Crippen molar-refractivity contribution < 1.29 is 27.5 Å². The first-order valence-electron chi connectivity index (χ1n) is 10.4. The van der Waals surface area contributed by atoms with Crippen molar-refractivity contribution in [1.82, 2.24) is 4.98 Å². The summed E-state index contributed by atoms with van der Waals surface area (Å²) in [5.74, 6) is 0.0325. The first-order valence-corrected chi connectivity index (χ1v) is 10.4. The number of aromatic amines is 1. The predicted octanol–water partition coefficient (Wildman–Crippen LogP) is 5.39. The van der Waals surface area contributed by atoms with E-state index in [0.717, 1.165) is 23.0 Å². The normalized spacial score (nSPS) is 18.0. The van der Waals surface area contributed by atoms with E-state index in [1.165, 1.54) is 12.1 Å². The second kappa shape index (κ2) is 8.26. The molecule has 34 heavy (non-hydrogen) atoms. The Balaban J connectivity index is 1.34. The van der Waals surface area contributed by atoms with Crippen molar-refractivity contribution in [2.75, 3.05) is 10.6 Å². The van der Waals surface area contributed by atoms with Gasteiger partial charge in [0.15, 0.2) is 0 Å². The summed E-state index contributed by atoms with van der Waals surface area (Å²) in [4.78, 5) is 27.6. The molecule has 2 atom stereocenters. The minimum Gasteiger partial charge on any atom is -0.457 e. The molecule has 9 heteroatoms. The molecular weight excluding hydrogens is 447 g/mol. The fourth-order valence-electron chi connectivity index (χ4n) is 3.82. The molecule has 1 aliphatic rings. The molecule has 1 aliphatic carbocycles. The van der Waals surface area contributed by atoms with Crippen LogP contribution in [0.4, 0.5) is 24.5 Å². The average molecular weight is 465 g/mol. The summed E-state index contributed by atoms with van der Waals surface area (Å²) in [6.07, 6.45) is -2.77. The molecule has 0 amide bonds. The quantitative estimate of drug-likeness (QED) is 0.333. The van der Waals surface area contributed by atoms with E-state index in [2.05, 4.69) is 15.6 Å². The highest BCUT2D eigenvalue weighted by Crippen LogP contribution is 2.33. The second-order valence-corrected chi connectivity index (χ2v) is 7.87. The zero-order valence-corrected chi connectivity index (χ0v) is 17.5. The summed E-state index contributed by atoms with van der Waals surface area (Å²) in [6, 6.07) is 17.3. The lowest BCUT2D eigenvalue weighted by Crippen LogP contribution is -2.64. The molecular formula is C25H18F3N3O3. The van der Waals surface area contributed by atoms with Crippen LogP contribution < -0.4 is 15.4 Å². The Morgan fingerprint density at radius 1 is 0.794 bits per heavy atom. The number of rotatable bonds is 6. The molecule has 1 saturated carbocycles. The molecule has 0 spiro atoms. The zero-order valence-electron chi connectivity index (χ0n) is 17.5. The van der Waals surface area contributed by atoms with Gasteiger partial charge in [0.1, 0.15) is 23.6 Å². The number of Topliss-reactive ketones (excluding diaryl/α,β-unsaturated/α-hetero) is 2. The average Bonchev–Trinajstić information content (AvgIpc) is 3.23. The Kier molecular flexibility index (Phi) is 5.24.